The van der Waals surface area contributed by atoms with Gasteiger partial charge in [-0.1, -0.05) is 67.6 Å². The highest BCUT2D eigenvalue weighted by Gasteiger charge is 2.29. The number of ether oxygens (including phenoxy) is 1. The number of nitrogens with two attached hydrogens (primary N) is 1. The highest BCUT2D eigenvalue weighted by Crippen LogP contribution is 2.39. The lowest BCUT2D eigenvalue weighted by atomic mass is 9.96. The van der Waals surface area contributed by atoms with Gasteiger partial charge in [-0.05, 0) is 17.5 Å². The quantitative estimate of drug-likeness (QED) is 0.546. The first-order valence-corrected chi connectivity index (χ1v) is 8.47. The fraction of sp³-hybridized carbons (Fsp3) is 0.143. The Morgan fingerprint density at radius 1 is 1.04 bits per heavy atom. The van der Waals surface area contributed by atoms with Crippen LogP contribution < -0.4 is 15.2 Å². The third-order valence-corrected chi connectivity index (χ3v) is 4.01. The molecule has 1 amide bonds. The van der Waals surface area contributed by atoms with Crippen molar-refractivity contribution in [3.8, 4) is 28.0 Å². The van der Waals surface area contributed by atoms with E-state index in [1.54, 1.807) is 0 Å². The van der Waals surface area contributed by atoms with Crippen molar-refractivity contribution in [2.24, 2.45) is 5.73 Å². The van der Waals surface area contributed by atoms with Crippen molar-refractivity contribution in [1.82, 2.24) is 0 Å². The molecular weight excluding hydrogens is 328 g/mol. The van der Waals surface area contributed by atoms with Crippen LogP contribution in [0, 0.1) is 5.21 Å². The summed E-state index contributed by atoms with van der Waals surface area (Å²) in [5.41, 5.74) is 7.98. The van der Waals surface area contributed by atoms with Crippen LogP contribution >= 0.6 is 0 Å². The summed E-state index contributed by atoms with van der Waals surface area (Å²) in [7, 11) is 0. The molecule has 5 heteroatoms. The van der Waals surface area contributed by atoms with Crippen LogP contribution in [0.1, 0.15) is 23.8 Å². The maximum Gasteiger partial charge on any atom is 0.315 e. The van der Waals surface area contributed by atoms with E-state index in [4.69, 9.17) is 10.5 Å². The number of rotatable bonds is 6. The predicted octanol–water partition coefficient (Wildman–Crippen LogP) is 3.54. The molecule has 1 heterocycles. The summed E-state index contributed by atoms with van der Waals surface area (Å²) in [6.07, 6.45) is 2.15. The molecule has 1 aromatic heterocycles. The zero-order chi connectivity index (χ0) is 18.5. The molecule has 26 heavy (non-hydrogen) atoms. The van der Waals surface area contributed by atoms with Crippen LogP contribution in [0.15, 0.2) is 66.9 Å². The molecule has 0 unspecified atom stereocenters. The van der Waals surface area contributed by atoms with Gasteiger partial charge < -0.3 is 15.7 Å². The molecule has 2 N–H and O–H groups in total. The Kier molecular flexibility index (Phi) is 5.17. The SMILES string of the molecule is CCCOc1c(-c2ccccc2)c[n+]([O-])c(C(N)=O)c1-c1ccccc1. The van der Waals surface area contributed by atoms with Gasteiger partial charge in [0.25, 0.3) is 5.69 Å². The first kappa shape index (κ1) is 17.5. The molecule has 3 aromatic rings. The fourth-order valence-electron chi connectivity index (χ4n) is 2.87. The summed E-state index contributed by atoms with van der Waals surface area (Å²) < 4.78 is 6.55. The maximum atomic E-state index is 12.6. The third kappa shape index (κ3) is 3.37. The number of benzene rings is 2. The number of pyridine rings is 1. The van der Waals surface area contributed by atoms with Crippen molar-refractivity contribution in [2.45, 2.75) is 13.3 Å². The standard InChI is InChI=1S/C21H20N2O3/c1-2-13-26-20-17(15-9-5-3-6-10-15)14-23(25)19(21(22)24)18(20)16-11-7-4-8-12-16/h3-12,14H,2,13H2,1H3,(H2,22,24). The van der Waals surface area contributed by atoms with E-state index in [-0.39, 0.29) is 5.69 Å². The number of hydrogen-bond donors (Lipinski definition) is 1. The number of amides is 1. The first-order valence-electron chi connectivity index (χ1n) is 8.47. The molecule has 2 aromatic carbocycles. The van der Waals surface area contributed by atoms with Gasteiger partial charge in [-0.15, -0.1) is 0 Å². The molecule has 0 bridgehead atoms. The molecule has 5 nitrogen and oxygen atoms in total. The third-order valence-electron chi connectivity index (χ3n) is 4.01. The van der Waals surface area contributed by atoms with Crippen LogP contribution in [0.2, 0.25) is 0 Å². The van der Waals surface area contributed by atoms with Crippen LogP contribution in [0.4, 0.5) is 0 Å². The molecule has 0 aliphatic heterocycles. The summed E-state index contributed by atoms with van der Waals surface area (Å²) in [4.78, 5) is 12.0. The van der Waals surface area contributed by atoms with Gasteiger partial charge in [0.1, 0.15) is 11.3 Å². The monoisotopic (exact) mass is 348 g/mol. The number of hydrogen-bond acceptors (Lipinski definition) is 3. The van der Waals surface area contributed by atoms with Crippen LogP contribution in [-0.2, 0) is 0 Å². The Morgan fingerprint density at radius 3 is 2.15 bits per heavy atom. The number of carbonyl (C=O) groups excluding carboxylic acids is 1. The summed E-state index contributed by atoms with van der Waals surface area (Å²) in [5, 5.41) is 12.6. The van der Waals surface area contributed by atoms with E-state index in [0.29, 0.717) is 33.8 Å². The van der Waals surface area contributed by atoms with Crippen LogP contribution in [0.25, 0.3) is 22.3 Å². The Labute approximate surface area is 152 Å². The molecule has 0 aliphatic carbocycles. The maximum absolute atomic E-state index is 12.6. The number of aromatic nitrogens is 1. The zero-order valence-electron chi connectivity index (χ0n) is 14.5. The van der Waals surface area contributed by atoms with Gasteiger partial charge in [0.05, 0.1) is 12.2 Å². The van der Waals surface area contributed by atoms with Gasteiger partial charge in [-0.2, -0.15) is 4.73 Å². The molecule has 0 fully saturated rings. The largest absolute Gasteiger partial charge is 0.618 e. The topological polar surface area (TPSA) is 79.3 Å². The van der Waals surface area contributed by atoms with Gasteiger partial charge in [-0.25, -0.2) is 0 Å². The summed E-state index contributed by atoms with van der Waals surface area (Å²) in [6, 6.07) is 18.7. The smallest absolute Gasteiger partial charge is 0.315 e. The minimum absolute atomic E-state index is 0.123. The van der Waals surface area contributed by atoms with E-state index >= 15 is 0 Å². The van der Waals surface area contributed by atoms with Gasteiger partial charge in [-0.3, -0.25) is 4.79 Å². The first-order chi connectivity index (χ1) is 12.6. The molecule has 0 atom stereocenters. The van der Waals surface area contributed by atoms with E-state index in [1.165, 1.54) is 6.20 Å². The van der Waals surface area contributed by atoms with Gasteiger partial charge in [0.15, 0.2) is 6.20 Å². The Balaban J connectivity index is 2.37. The fourth-order valence-corrected chi connectivity index (χ4v) is 2.87. The lowest BCUT2D eigenvalue weighted by molar-refractivity contribution is -0.606. The highest BCUT2D eigenvalue weighted by molar-refractivity contribution is 5.99. The van der Waals surface area contributed by atoms with Crippen molar-refractivity contribution in [3.63, 3.8) is 0 Å². The molecule has 0 aliphatic rings. The highest BCUT2D eigenvalue weighted by atomic mass is 16.5. The molecular formula is C21H20N2O3. The minimum atomic E-state index is -0.792. The van der Waals surface area contributed by atoms with Crippen molar-refractivity contribution in [3.05, 3.63) is 77.8 Å². The second-order valence-corrected chi connectivity index (χ2v) is 5.87. The normalized spacial score (nSPS) is 10.5. The Bertz CT molecular complexity index is 910. The average Bonchev–Trinajstić information content (AvgIpc) is 2.67. The zero-order valence-corrected chi connectivity index (χ0v) is 14.5. The molecule has 0 saturated heterocycles. The van der Waals surface area contributed by atoms with E-state index in [9.17, 15) is 10.0 Å². The molecule has 0 spiro atoms. The van der Waals surface area contributed by atoms with E-state index in [1.807, 2.05) is 67.6 Å². The van der Waals surface area contributed by atoms with Gasteiger partial charge >= 0.3 is 5.91 Å². The molecule has 3 rings (SSSR count). The molecule has 0 radical (unpaired) electrons. The summed E-state index contributed by atoms with van der Waals surface area (Å²) >= 11 is 0. The van der Waals surface area contributed by atoms with Crippen LogP contribution in [0.3, 0.4) is 0 Å². The predicted molar refractivity (Wildman–Crippen MR) is 101 cm³/mol. The van der Waals surface area contributed by atoms with Crippen molar-refractivity contribution < 1.29 is 14.3 Å². The van der Waals surface area contributed by atoms with Crippen LogP contribution in [-0.4, -0.2) is 12.5 Å². The minimum Gasteiger partial charge on any atom is -0.618 e. The average molecular weight is 348 g/mol. The lowest BCUT2D eigenvalue weighted by Gasteiger charge is -2.18. The summed E-state index contributed by atoms with van der Waals surface area (Å²) in [6.45, 7) is 2.46. The number of nitrogens with zero attached hydrogens (tertiary/aromatic N) is 1. The van der Waals surface area contributed by atoms with Gasteiger partial charge in [0, 0.05) is 0 Å². The van der Waals surface area contributed by atoms with Crippen molar-refractivity contribution in [1.29, 1.82) is 0 Å². The number of carbonyl (C=O) groups is 1. The molecule has 0 saturated carbocycles. The Hall–Kier alpha value is -3.34. The van der Waals surface area contributed by atoms with E-state index < -0.39 is 5.91 Å². The number of primary amides is 1. The second kappa shape index (κ2) is 7.70. The summed E-state index contributed by atoms with van der Waals surface area (Å²) in [5.74, 6) is -0.301. The van der Waals surface area contributed by atoms with Crippen molar-refractivity contribution >= 4 is 5.91 Å². The molecule has 132 valence electrons. The second-order valence-electron chi connectivity index (χ2n) is 5.87. The van der Waals surface area contributed by atoms with Crippen molar-refractivity contribution in [2.75, 3.05) is 6.61 Å². The Morgan fingerprint density at radius 2 is 1.62 bits per heavy atom. The van der Waals surface area contributed by atoms with Gasteiger partial charge in [0.2, 0.25) is 0 Å². The lowest BCUT2D eigenvalue weighted by Crippen LogP contribution is -2.38. The van der Waals surface area contributed by atoms with E-state index in [2.05, 4.69) is 0 Å². The van der Waals surface area contributed by atoms with Crippen LogP contribution in [0.5, 0.6) is 5.75 Å². The van der Waals surface area contributed by atoms with E-state index in [0.717, 1.165) is 12.0 Å².